The molecule has 0 aliphatic carbocycles. The van der Waals surface area contributed by atoms with Gasteiger partial charge in [-0.1, -0.05) is 11.2 Å². The predicted octanol–water partition coefficient (Wildman–Crippen LogP) is 3.45. The lowest BCUT2D eigenvalue weighted by atomic mass is 10.2. The summed E-state index contributed by atoms with van der Waals surface area (Å²) in [5, 5.41) is 11.0. The highest BCUT2D eigenvalue weighted by Crippen LogP contribution is 2.33. The molecular weight excluding hydrogens is 344 g/mol. The number of aromatic amines is 1. The van der Waals surface area contributed by atoms with Crippen LogP contribution in [0.15, 0.2) is 57.7 Å². The molecule has 1 atom stereocenters. The summed E-state index contributed by atoms with van der Waals surface area (Å²) < 4.78 is 11.5. The van der Waals surface area contributed by atoms with Gasteiger partial charge >= 0.3 is 0 Å². The van der Waals surface area contributed by atoms with Crippen LogP contribution < -0.4 is 0 Å². The normalized spacial score (nSPS) is 17.6. The fraction of sp³-hybridized carbons (Fsp3) is 0.263. The summed E-state index contributed by atoms with van der Waals surface area (Å²) in [6, 6.07) is 11.6. The van der Waals surface area contributed by atoms with E-state index in [4.69, 9.17) is 8.94 Å². The van der Waals surface area contributed by atoms with Crippen LogP contribution in [0, 0.1) is 0 Å². The fourth-order valence-electron chi connectivity index (χ4n) is 3.47. The van der Waals surface area contributed by atoms with Crippen molar-refractivity contribution in [2.45, 2.75) is 25.4 Å². The van der Waals surface area contributed by atoms with E-state index in [1.807, 2.05) is 36.4 Å². The first-order chi connectivity index (χ1) is 13.4. The number of likely N-dealkylation sites (tertiary alicyclic amines) is 1. The quantitative estimate of drug-likeness (QED) is 0.581. The van der Waals surface area contributed by atoms with Crippen molar-refractivity contribution in [2.24, 2.45) is 0 Å². The van der Waals surface area contributed by atoms with Crippen molar-refractivity contribution in [1.82, 2.24) is 30.2 Å². The van der Waals surface area contributed by atoms with E-state index in [0.29, 0.717) is 24.0 Å². The Kier molecular flexibility index (Phi) is 4.02. The highest BCUT2D eigenvalue weighted by Gasteiger charge is 2.31. The third kappa shape index (κ3) is 3.15. The summed E-state index contributed by atoms with van der Waals surface area (Å²) in [6.07, 6.45) is 5.50. The van der Waals surface area contributed by atoms with Crippen LogP contribution in [0.2, 0.25) is 0 Å². The summed E-state index contributed by atoms with van der Waals surface area (Å²) in [5.74, 6) is 2.84. The van der Waals surface area contributed by atoms with E-state index in [0.717, 1.165) is 36.6 Å². The number of H-pyrrole nitrogens is 1. The summed E-state index contributed by atoms with van der Waals surface area (Å²) in [6.45, 7) is 1.66. The molecule has 0 amide bonds. The van der Waals surface area contributed by atoms with Crippen LogP contribution in [0.1, 0.15) is 30.5 Å². The summed E-state index contributed by atoms with van der Waals surface area (Å²) >= 11 is 0. The van der Waals surface area contributed by atoms with E-state index in [9.17, 15) is 0 Å². The highest BCUT2D eigenvalue weighted by molar-refractivity contribution is 5.51. The predicted molar refractivity (Wildman–Crippen MR) is 96.2 cm³/mol. The van der Waals surface area contributed by atoms with Gasteiger partial charge in [0.15, 0.2) is 5.76 Å². The third-order valence-electron chi connectivity index (χ3n) is 4.77. The van der Waals surface area contributed by atoms with Crippen LogP contribution in [0.3, 0.4) is 0 Å². The minimum atomic E-state index is 0.0932. The van der Waals surface area contributed by atoms with Crippen LogP contribution in [0.5, 0.6) is 0 Å². The number of hydrogen-bond acceptors (Lipinski definition) is 7. The lowest BCUT2D eigenvalue weighted by Crippen LogP contribution is -2.22. The van der Waals surface area contributed by atoms with E-state index < -0.39 is 0 Å². The van der Waals surface area contributed by atoms with Gasteiger partial charge in [-0.15, -0.1) is 0 Å². The van der Waals surface area contributed by atoms with Gasteiger partial charge in [-0.05, 0) is 49.7 Å². The Hall–Kier alpha value is -3.26. The van der Waals surface area contributed by atoms with Crippen LogP contribution in [0.25, 0.3) is 23.0 Å². The average molecular weight is 362 g/mol. The van der Waals surface area contributed by atoms with Gasteiger partial charge in [0, 0.05) is 12.4 Å². The number of hydrogen-bond donors (Lipinski definition) is 1. The lowest BCUT2D eigenvalue weighted by molar-refractivity contribution is 0.189. The maximum Gasteiger partial charge on any atom is 0.244 e. The second-order valence-corrected chi connectivity index (χ2v) is 6.54. The van der Waals surface area contributed by atoms with E-state index in [2.05, 4.69) is 30.2 Å². The van der Waals surface area contributed by atoms with Gasteiger partial charge in [0.2, 0.25) is 11.7 Å². The van der Waals surface area contributed by atoms with Crippen LogP contribution in [0.4, 0.5) is 0 Å². The maximum atomic E-state index is 5.96. The Bertz CT molecular complexity index is 1010. The maximum absolute atomic E-state index is 5.96. The van der Waals surface area contributed by atoms with E-state index in [1.165, 1.54) is 0 Å². The molecule has 4 aromatic rings. The molecule has 8 nitrogen and oxygen atoms in total. The van der Waals surface area contributed by atoms with E-state index >= 15 is 0 Å². The van der Waals surface area contributed by atoms with Crippen molar-refractivity contribution in [3.05, 3.63) is 60.4 Å². The molecule has 0 bridgehead atoms. The molecule has 0 saturated carbocycles. The van der Waals surface area contributed by atoms with Crippen molar-refractivity contribution in [3.63, 3.8) is 0 Å². The first-order valence-corrected chi connectivity index (χ1v) is 8.94. The van der Waals surface area contributed by atoms with Crippen molar-refractivity contribution >= 4 is 0 Å². The average Bonchev–Trinajstić information content (AvgIpc) is 3.48. The fourth-order valence-corrected chi connectivity index (χ4v) is 3.47. The molecule has 0 aromatic carbocycles. The zero-order valence-corrected chi connectivity index (χ0v) is 14.6. The van der Waals surface area contributed by atoms with Crippen LogP contribution >= 0.6 is 0 Å². The minimum absolute atomic E-state index is 0.0932. The minimum Gasteiger partial charge on any atom is -0.458 e. The molecule has 1 N–H and O–H groups in total. The van der Waals surface area contributed by atoms with Gasteiger partial charge in [0.1, 0.15) is 17.1 Å². The van der Waals surface area contributed by atoms with E-state index in [1.54, 1.807) is 12.4 Å². The van der Waals surface area contributed by atoms with Crippen LogP contribution in [-0.4, -0.2) is 36.8 Å². The number of furan rings is 1. The van der Waals surface area contributed by atoms with Gasteiger partial charge in [-0.25, -0.2) is 0 Å². The molecule has 4 aromatic heterocycles. The number of nitrogens with one attached hydrogen (secondary N) is 1. The highest BCUT2D eigenvalue weighted by atomic mass is 16.5. The van der Waals surface area contributed by atoms with Crippen molar-refractivity contribution in [1.29, 1.82) is 0 Å². The third-order valence-corrected chi connectivity index (χ3v) is 4.77. The van der Waals surface area contributed by atoms with Gasteiger partial charge in [-0.2, -0.15) is 10.1 Å². The monoisotopic (exact) mass is 362 g/mol. The molecule has 5 heterocycles. The number of aromatic nitrogens is 5. The molecule has 136 valence electrons. The van der Waals surface area contributed by atoms with Crippen molar-refractivity contribution < 1.29 is 8.94 Å². The molecule has 0 radical (unpaired) electrons. The molecule has 8 heteroatoms. The zero-order valence-electron chi connectivity index (χ0n) is 14.6. The molecule has 5 rings (SSSR count). The molecule has 1 saturated heterocycles. The second-order valence-electron chi connectivity index (χ2n) is 6.54. The van der Waals surface area contributed by atoms with Crippen molar-refractivity contribution in [3.8, 4) is 23.0 Å². The second kappa shape index (κ2) is 6.81. The molecule has 1 fully saturated rings. The van der Waals surface area contributed by atoms with E-state index in [-0.39, 0.29) is 6.04 Å². The Morgan fingerprint density at radius 1 is 1.15 bits per heavy atom. The number of pyridine rings is 1. The Balaban J connectivity index is 1.33. The molecule has 1 aliphatic rings. The Morgan fingerprint density at radius 2 is 2.15 bits per heavy atom. The van der Waals surface area contributed by atoms with Crippen LogP contribution in [-0.2, 0) is 6.54 Å². The van der Waals surface area contributed by atoms with Gasteiger partial charge < -0.3 is 8.94 Å². The molecule has 0 spiro atoms. The topological polar surface area (TPSA) is 96.9 Å². The zero-order chi connectivity index (χ0) is 18.1. The number of nitrogens with zero attached hydrogens (tertiary/aromatic N) is 5. The standard InChI is InChI=1S/C19H18N6O2/c1-2-9-20-15(4-1)18-22-19(27-24-18)16-5-3-11-25(16)12-13-6-7-17(26-13)14-8-10-21-23-14/h1-2,4,6-10,16H,3,5,11-12H2,(H,21,23). The van der Waals surface area contributed by atoms with Crippen molar-refractivity contribution in [2.75, 3.05) is 6.54 Å². The smallest absolute Gasteiger partial charge is 0.244 e. The molecular formula is C19H18N6O2. The van der Waals surface area contributed by atoms with Gasteiger partial charge in [-0.3, -0.25) is 15.0 Å². The lowest BCUT2D eigenvalue weighted by Gasteiger charge is -2.19. The van der Waals surface area contributed by atoms with Gasteiger partial charge in [0.25, 0.3) is 0 Å². The Morgan fingerprint density at radius 3 is 3.00 bits per heavy atom. The SMILES string of the molecule is c1ccc(-c2noc(C3CCCN3Cc3ccc(-c4ccn[nH]4)o3)n2)nc1. The first-order valence-electron chi connectivity index (χ1n) is 8.94. The summed E-state index contributed by atoms with van der Waals surface area (Å²) in [4.78, 5) is 11.2. The molecule has 1 unspecified atom stereocenters. The Labute approximate surface area is 155 Å². The molecule has 1 aliphatic heterocycles. The van der Waals surface area contributed by atoms with Gasteiger partial charge in [0.05, 0.1) is 12.6 Å². The first kappa shape index (κ1) is 16.0. The largest absolute Gasteiger partial charge is 0.458 e. The number of rotatable bonds is 5. The summed E-state index contributed by atoms with van der Waals surface area (Å²) in [5.41, 5.74) is 1.59. The molecule has 27 heavy (non-hydrogen) atoms. The summed E-state index contributed by atoms with van der Waals surface area (Å²) in [7, 11) is 0.